The summed E-state index contributed by atoms with van der Waals surface area (Å²) in [5.74, 6) is 3.58. The molecule has 3 heteroatoms. The number of anilines is 1. The lowest BCUT2D eigenvalue weighted by Gasteiger charge is -2.25. The van der Waals surface area contributed by atoms with Crippen LogP contribution in [0.25, 0.3) is 0 Å². The molecular formula is C15H21NO2. The van der Waals surface area contributed by atoms with Gasteiger partial charge in [-0.1, -0.05) is 6.42 Å². The van der Waals surface area contributed by atoms with Crippen LogP contribution in [0, 0.1) is 11.8 Å². The van der Waals surface area contributed by atoms with Crippen molar-refractivity contribution in [1.29, 1.82) is 0 Å². The van der Waals surface area contributed by atoms with Gasteiger partial charge in [-0.05, 0) is 43.2 Å². The summed E-state index contributed by atoms with van der Waals surface area (Å²) in [7, 11) is 3.41. The van der Waals surface area contributed by atoms with Gasteiger partial charge >= 0.3 is 0 Å². The van der Waals surface area contributed by atoms with E-state index in [1.807, 2.05) is 18.2 Å². The third kappa shape index (κ3) is 2.02. The predicted molar refractivity (Wildman–Crippen MR) is 72.4 cm³/mol. The number of methoxy groups -OCH3 is 2. The molecule has 3 unspecified atom stereocenters. The van der Waals surface area contributed by atoms with Gasteiger partial charge in [-0.3, -0.25) is 0 Å². The van der Waals surface area contributed by atoms with Crippen LogP contribution in [0.5, 0.6) is 11.5 Å². The van der Waals surface area contributed by atoms with Gasteiger partial charge in [0.05, 0.1) is 19.9 Å². The first-order valence-corrected chi connectivity index (χ1v) is 6.78. The van der Waals surface area contributed by atoms with E-state index in [1.165, 1.54) is 25.7 Å². The van der Waals surface area contributed by atoms with Gasteiger partial charge in [0.15, 0.2) is 0 Å². The molecule has 2 saturated carbocycles. The van der Waals surface area contributed by atoms with Crippen LogP contribution in [0.1, 0.15) is 25.7 Å². The van der Waals surface area contributed by atoms with Gasteiger partial charge in [0.25, 0.3) is 0 Å². The van der Waals surface area contributed by atoms with Gasteiger partial charge in [0.1, 0.15) is 11.5 Å². The van der Waals surface area contributed by atoms with Crippen molar-refractivity contribution < 1.29 is 9.47 Å². The zero-order chi connectivity index (χ0) is 12.5. The maximum absolute atomic E-state index is 5.42. The molecule has 0 saturated heterocycles. The predicted octanol–water partition coefficient (Wildman–Crippen LogP) is 3.30. The molecule has 3 atom stereocenters. The van der Waals surface area contributed by atoms with E-state index in [4.69, 9.17) is 9.47 Å². The highest BCUT2D eigenvalue weighted by Crippen LogP contribution is 2.46. The lowest BCUT2D eigenvalue weighted by molar-refractivity contribution is 0.400. The van der Waals surface area contributed by atoms with Crippen LogP contribution < -0.4 is 14.8 Å². The maximum atomic E-state index is 5.42. The van der Waals surface area contributed by atoms with Gasteiger partial charge in [-0.15, -0.1) is 0 Å². The summed E-state index contributed by atoms with van der Waals surface area (Å²) in [6.45, 7) is 0. The maximum Gasteiger partial charge on any atom is 0.142 e. The monoisotopic (exact) mass is 247 g/mol. The minimum Gasteiger partial charge on any atom is -0.497 e. The molecule has 98 valence electrons. The fraction of sp³-hybridized carbons (Fsp3) is 0.600. The first-order chi connectivity index (χ1) is 8.80. The quantitative estimate of drug-likeness (QED) is 0.885. The van der Waals surface area contributed by atoms with E-state index in [0.717, 1.165) is 29.0 Å². The average molecular weight is 247 g/mol. The summed E-state index contributed by atoms with van der Waals surface area (Å²) >= 11 is 0. The van der Waals surface area contributed by atoms with Crippen molar-refractivity contribution in [3.05, 3.63) is 18.2 Å². The van der Waals surface area contributed by atoms with Crippen LogP contribution in [0.15, 0.2) is 18.2 Å². The smallest absolute Gasteiger partial charge is 0.142 e. The van der Waals surface area contributed by atoms with Crippen molar-refractivity contribution in [1.82, 2.24) is 0 Å². The molecule has 0 aliphatic heterocycles. The van der Waals surface area contributed by atoms with Crippen molar-refractivity contribution in [3.63, 3.8) is 0 Å². The molecule has 18 heavy (non-hydrogen) atoms. The molecule has 2 fully saturated rings. The number of hydrogen-bond acceptors (Lipinski definition) is 3. The Morgan fingerprint density at radius 1 is 1.11 bits per heavy atom. The fourth-order valence-corrected chi connectivity index (χ4v) is 3.55. The van der Waals surface area contributed by atoms with Crippen LogP contribution >= 0.6 is 0 Å². The molecule has 1 N–H and O–H groups in total. The summed E-state index contributed by atoms with van der Waals surface area (Å²) in [6, 6.07) is 6.55. The number of benzene rings is 1. The molecule has 0 spiro atoms. The van der Waals surface area contributed by atoms with Crippen LogP contribution in [0.4, 0.5) is 5.69 Å². The molecule has 0 heterocycles. The standard InChI is InChI=1S/C15H21NO2/c1-17-12-5-6-15(18-2)14(9-12)16-13-8-10-3-4-11(13)7-10/h5-6,9-11,13,16H,3-4,7-8H2,1-2H3. The topological polar surface area (TPSA) is 30.5 Å². The first kappa shape index (κ1) is 11.7. The SMILES string of the molecule is COc1ccc(OC)c(NC2CC3CCC2C3)c1. The molecule has 1 aromatic rings. The minimum atomic E-state index is 0.616. The zero-order valence-corrected chi connectivity index (χ0v) is 11.1. The van der Waals surface area contributed by atoms with Gasteiger partial charge < -0.3 is 14.8 Å². The number of ether oxygens (including phenoxy) is 2. The molecule has 3 rings (SSSR count). The van der Waals surface area contributed by atoms with E-state index in [0.29, 0.717) is 6.04 Å². The van der Waals surface area contributed by atoms with Gasteiger partial charge in [-0.2, -0.15) is 0 Å². The Labute approximate surface area is 108 Å². The van der Waals surface area contributed by atoms with Crippen LogP contribution in [-0.2, 0) is 0 Å². The van der Waals surface area contributed by atoms with Crippen LogP contribution in [0.2, 0.25) is 0 Å². The van der Waals surface area contributed by atoms with Gasteiger partial charge in [0.2, 0.25) is 0 Å². The second kappa shape index (κ2) is 4.71. The van der Waals surface area contributed by atoms with E-state index in [9.17, 15) is 0 Å². The highest BCUT2D eigenvalue weighted by Gasteiger charge is 2.39. The zero-order valence-electron chi connectivity index (χ0n) is 11.1. The Morgan fingerprint density at radius 3 is 2.61 bits per heavy atom. The van der Waals surface area contributed by atoms with Crippen molar-refractivity contribution in [2.75, 3.05) is 19.5 Å². The number of fused-ring (bicyclic) bond motifs is 2. The third-order valence-corrected chi connectivity index (χ3v) is 4.49. The number of rotatable bonds is 4. The molecular weight excluding hydrogens is 226 g/mol. The van der Waals surface area contributed by atoms with Gasteiger partial charge in [-0.25, -0.2) is 0 Å². The second-order valence-electron chi connectivity index (χ2n) is 5.49. The van der Waals surface area contributed by atoms with Crippen molar-refractivity contribution in [2.45, 2.75) is 31.7 Å². The van der Waals surface area contributed by atoms with Crippen LogP contribution in [0.3, 0.4) is 0 Å². The fourth-order valence-electron chi connectivity index (χ4n) is 3.55. The normalized spacial score (nSPS) is 29.3. The Hall–Kier alpha value is -1.38. The molecule has 2 bridgehead atoms. The minimum absolute atomic E-state index is 0.616. The third-order valence-electron chi connectivity index (χ3n) is 4.49. The largest absolute Gasteiger partial charge is 0.497 e. The van der Waals surface area contributed by atoms with Crippen molar-refractivity contribution in [2.24, 2.45) is 11.8 Å². The highest BCUT2D eigenvalue weighted by atomic mass is 16.5. The van der Waals surface area contributed by atoms with E-state index in [-0.39, 0.29) is 0 Å². The molecule has 0 amide bonds. The van der Waals surface area contributed by atoms with Crippen molar-refractivity contribution in [3.8, 4) is 11.5 Å². The Kier molecular flexibility index (Phi) is 3.06. The van der Waals surface area contributed by atoms with E-state index in [2.05, 4.69) is 5.32 Å². The van der Waals surface area contributed by atoms with Gasteiger partial charge in [0, 0.05) is 12.1 Å². The van der Waals surface area contributed by atoms with Crippen molar-refractivity contribution >= 4 is 5.69 Å². The number of nitrogens with one attached hydrogen (secondary N) is 1. The molecule has 3 nitrogen and oxygen atoms in total. The van der Waals surface area contributed by atoms with E-state index < -0.39 is 0 Å². The first-order valence-electron chi connectivity index (χ1n) is 6.78. The van der Waals surface area contributed by atoms with E-state index >= 15 is 0 Å². The molecule has 2 aliphatic rings. The summed E-state index contributed by atoms with van der Waals surface area (Å²) in [5.41, 5.74) is 1.06. The average Bonchev–Trinajstić information content (AvgIpc) is 3.01. The summed E-state index contributed by atoms with van der Waals surface area (Å²) in [6.07, 6.45) is 5.53. The lowest BCUT2D eigenvalue weighted by Crippen LogP contribution is -2.26. The number of hydrogen-bond donors (Lipinski definition) is 1. The summed E-state index contributed by atoms with van der Waals surface area (Å²) in [4.78, 5) is 0. The second-order valence-corrected chi connectivity index (χ2v) is 5.49. The summed E-state index contributed by atoms with van der Waals surface area (Å²) in [5, 5.41) is 3.66. The molecule has 2 aliphatic carbocycles. The highest BCUT2D eigenvalue weighted by molar-refractivity contribution is 5.60. The lowest BCUT2D eigenvalue weighted by atomic mass is 9.95. The summed E-state index contributed by atoms with van der Waals surface area (Å²) < 4.78 is 10.7. The molecule has 0 aromatic heterocycles. The molecule has 1 aromatic carbocycles. The van der Waals surface area contributed by atoms with Crippen LogP contribution in [-0.4, -0.2) is 20.3 Å². The van der Waals surface area contributed by atoms with E-state index in [1.54, 1.807) is 14.2 Å². The Balaban J connectivity index is 1.78. The Bertz CT molecular complexity index is 433. The molecule has 0 radical (unpaired) electrons. The Morgan fingerprint density at radius 2 is 2.00 bits per heavy atom.